The molecule has 0 aromatic heterocycles. The molecule has 1 saturated carbocycles. The van der Waals surface area contributed by atoms with Gasteiger partial charge in [0.2, 0.25) is 0 Å². The van der Waals surface area contributed by atoms with Crippen LogP contribution in [0.4, 0.5) is 0 Å². The molecule has 2 aromatic carbocycles. The first-order chi connectivity index (χ1) is 12.9. The Morgan fingerprint density at radius 2 is 1.67 bits per heavy atom. The van der Waals surface area contributed by atoms with Gasteiger partial charge in [0.25, 0.3) is 0 Å². The van der Waals surface area contributed by atoms with E-state index in [0.717, 1.165) is 30.8 Å². The Morgan fingerprint density at radius 1 is 1.04 bits per heavy atom. The van der Waals surface area contributed by atoms with Gasteiger partial charge >= 0.3 is 5.97 Å². The Labute approximate surface area is 164 Å². The maximum Gasteiger partial charge on any atom is 0.314 e. The number of aliphatic hydroxyl groups is 1. The van der Waals surface area contributed by atoms with Crippen molar-refractivity contribution in [2.24, 2.45) is 5.92 Å². The Hall–Kier alpha value is -1.88. The van der Waals surface area contributed by atoms with Gasteiger partial charge in [-0.1, -0.05) is 54.1 Å². The SMILES string of the molecule is O=C(O)[C@@]1(c2ccccc2)C[C@@H]1CN1CCC(O)(c2ccc(Cl)cc2)CC1. The number of rotatable bonds is 5. The molecule has 2 N–H and O–H groups in total. The van der Waals surface area contributed by atoms with E-state index in [2.05, 4.69) is 4.90 Å². The summed E-state index contributed by atoms with van der Waals surface area (Å²) in [5.41, 5.74) is 0.235. The van der Waals surface area contributed by atoms with Crippen LogP contribution in [0, 0.1) is 5.92 Å². The van der Waals surface area contributed by atoms with Gasteiger partial charge in [-0.15, -0.1) is 0 Å². The average Bonchev–Trinajstić information content (AvgIpc) is 3.40. The van der Waals surface area contributed by atoms with Crippen LogP contribution in [-0.2, 0) is 15.8 Å². The number of nitrogens with zero attached hydrogens (tertiary/aromatic N) is 1. The zero-order chi connectivity index (χ0) is 19.1. The molecule has 0 radical (unpaired) electrons. The van der Waals surface area contributed by atoms with Gasteiger partial charge in [-0.05, 0) is 48.4 Å². The van der Waals surface area contributed by atoms with Crippen LogP contribution < -0.4 is 0 Å². The lowest BCUT2D eigenvalue weighted by atomic mass is 9.84. The maximum atomic E-state index is 12.0. The normalized spacial score (nSPS) is 27.3. The van der Waals surface area contributed by atoms with Gasteiger partial charge < -0.3 is 15.1 Å². The van der Waals surface area contributed by atoms with Crippen LogP contribution in [0.15, 0.2) is 54.6 Å². The third-order valence-corrected chi connectivity index (χ3v) is 6.57. The summed E-state index contributed by atoms with van der Waals surface area (Å²) in [5, 5.41) is 21.5. The van der Waals surface area contributed by atoms with E-state index in [-0.39, 0.29) is 5.92 Å². The molecule has 2 fully saturated rings. The van der Waals surface area contributed by atoms with Gasteiger partial charge in [0, 0.05) is 24.7 Å². The summed E-state index contributed by atoms with van der Waals surface area (Å²) in [7, 11) is 0. The minimum Gasteiger partial charge on any atom is -0.481 e. The second-order valence-electron chi connectivity index (χ2n) is 7.88. The lowest BCUT2D eigenvalue weighted by molar-refractivity contribution is -0.140. The summed E-state index contributed by atoms with van der Waals surface area (Å²) in [4.78, 5) is 14.3. The zero-order valence-corrected chi connectivity index (χ0v) is 15.9. The molecular formula is C22H24ClNO3. The van der Waals surface area contributed by atoms with Crippen molar-refractivity contribution in [1.82, 2.24) is 4.90 Å². The fraction of sp³-hybridized carbons (Fsp3) is 0.409. The second kappa shape index (κ2) is 6.93. The zero-order valence-electron chi connectivity index (χ0n) is 15.1. The number of aliphatic carboxylic acids is 1. The minimum absolute atomic E-state index is 0.124. The average molecular weight is 386 g/mol. The van der Waals surface area contributed by atoms with Gasteiger partial charge in [-0.2, -0.15) is 0 Å². The van der Waals surface area contributed by atoms with Gasteiger partial charge in [-0.3, -0.25) is 4.79 Å². The molecule has 1 heterocycles. The molecule has 1 saturated heterocycles. The van der Waals surface area contributed by atoms with Crippen molar-refractivity contribution in [3.63, 3.8) is 0 Å². The van der Waals surface area contributed by atoms with E-state index in [9.17, 15) is 15.0 Å². The highest BCUT2D eigenvalue weighted by Gasteiger charge is 2.61. The molecule has 1 aliphatic carbocycles. The number of carboxylic acid groups (broad SMARTS) is 1. The molecule has 5 heteroatoms. The standard InChI is InChI=1S/C22H24ClNO3/c23-19-8-6-16(7-9-19)21(27)10-12-24(13-11-21)15-18-14-22(18,20(25)26)17-4-2-1-3-5-17/h1-9,18,27H,10-15H2,(H,25,26)/t18-,22-/m1/s1. The van der Waals surface area contributed by atoms with Crippen molar-refractivity contribution < 1.29 is 15.0 Å². The molecule has 0 amide bonds. The third kappa shape index (κ3) is 3.38. The fourth-order valence-electron chi connectivity index (χ4n) is 4.49. The Balaban J connectivity index is 1.40. The fourth-order valence-corrected chi connectivity index (χ4v) is 4.62. The number of hydrogen-bond donors (Lipinski definition) is 2. The topological polar surface area (TPSA) is 60.8 Å². The Bertz CT molecular complexity index is 815. The van der Waals surface area contributed by atoms with Gasteiger partial charge in [0.05, 0.1) is 11.0 Å². The number of piperidine rings is 1. The van der Waals surface area contributed by atoms with Crippen molar-refractivity contribution in [2.45, 2.75) is 30.3 Å². The quantitative estimate of drug-likeness (QED) is 0.824. The third-order valence-electron chi connectivity index (χ3n) is 6.32. The summed E-state index contributed by atoms with van der Waals surface area (Å²) in [6.45, 7) is 2.29. The van der Waals surface area contributed by atoms with Gasteiger partial charge in [0.1, 0.15) is 0 Å². The van der Waals surface area contributed by atoms with Crippen molar-refractivity contribution in [2.75, 3.05) is 19.6 Å². The lowest BCUT2D eigenvalue weighted by Crippen LogP contribution is -2.44. The monoisotopic (exact) mass is 385 g/mol. The molecule has 4 nitrogen and oxygen atoms in total. The first-order valence-corrected chi connectivity index (χ1v) is 9.81. The first-order valence-electron chi connectivity index (χ1n) is 9.44. The highest BCUT2D eigenvalue weighted by atomic mass is 35.5. The smallest absolute Gasteiger partial charge is 0.314 e. The van der Waals surface area contributed by atoms with Crippen LogP contribution in [0.2, 0.25) is 5.02 Å². The summed E-state index contributed by atoms with van der Waals surface area (Å²) >= 11 is 5.95. The summed E-state index contributed by atoms with van der Waals surface area (Å²) < 4.78 is 0. The molecule has 27 heavy (non-hydrogen) atoms. The Kier molecular flexibility index (Phi) is 4.75. The molecule has 2 aliphatic rings. The van der Waals surface area contributed by atoms with Crippen molar-refractivity contribution in [3.05, 3.63) is 70.7 Å². The first kappa shape index (κ1) is 18.5. The van der Waals surface area contributed by atoms with Crippen LogP contribution >= 0.6 is 11.6 Å². The largest absolute Gasteiger partial charge is 0.481 e. The summed E-state index contributed by atoms with van der Waals surface area (Å²) in [5.74, 6) is -0.604. The molecule has 2 atom stereocenters. The predicted molar refractivity (Wildman–Crippen MR) is 105 cm³/mol. The number of carboxylic acids is 1. The molecule has 0 bridgehead atoms. The van der Waals surface area contributed by atoms with Crippen LogP contribution in [0.1, 0.15) is 30.4 Å². The number of hydrogen-bond acceptors (Lipinski definition) is 3. The summed E-state index contributed by atoms with van der Waals surface area (Å²) in [6.07, 6.45) is 1.98. The number of likely N-dealkylation sites (tertiary alicyclic amines) is 1. The van der Waals surface area contributed by atoms with E-state index in [1.807, 2.05) is 54.6 Å². The van der Waals surface area contributed by atoms with E-state index in [0.29, 0.717) is 24.3 Å². The molecular weight excluding hydrogens is 362 g/mol. The number of carbonyl (C=O) groups is 1. The van der Waals surface area contributed by atoms with Gasteiger partial charge in [0.15, 0.2) is 0 Å². The molecule has 1 aliphatic heterocycles. The molecule has 142 valence electrons. The predicted octanol–water partition coefficient (Wildman–Crippen LogP) is 3.67. The maximum absolute atomic E-state index is 12.0. The van der Waals surface area contributed by atoms with Crippen LogP contribution in [0.5, 0.6) is 0 Å². The minimum atomic E-state index is -0.825. The Morgan fingerprint density at radius 3 is 2.26 bits per heavy atom. The number of benzene rings is 2. The van der Waals surface area contributed by atoms with Gasteiger partial charge in [-0.25, -0.2) is 0 Å². The van der Waals surface area contributed by atoms with Crippen LogP contribution in [0.3, 0.4) is 0 Å². The highest BCUT2D eigenvalue weighted by Crippen LogP contribution is 2.55. The number of halogens is 1. The summed E-state index contributed by atoms with van der Waals surface area (Å²) in [6, 6.07) is 17.0. The van der Waals surface area contributed by atoms with Crippen molar-refractivity contribution in [3.8, 4) is 0 Å². The van der Waals surface area contributed by atoms with E-state index >= 15 is 0 Å². The molecule has 0 spiro atoms. The molecule has 0 unspecified atom stereocenters. The molecule has 4 rings (SSSR count). The molecule has 2 aromatic rings. The van der Waals surface area contributed by atoms with Crippen LogP contribution in [-0.4, -0.2) is 40.7 Å². The van der Waals surface area contributed by atoms with Crippen molar-refractivity contribution in [1.29, 1.82) is 0 Å². The highest BCUT2D eigenvalue weighted by molar-refractivity contribution is 6.30. The van der Waals surface area contributed by atoms with E-state index in [1.54, 1.807) is 0 Å². The van der Waals surface area contributed by atoms with Crippen molar-refractivity contribution >= 4 is 17.6 Å². The van der Waals surface area contributed by atoms with E-state index < -0.39 is 17.0 Å². The van der Waals surface area contributed by atoms with E-state index in [1.165, 1.54) is 0 Å². The van der Waals surface area contributed by atoms with Crippen LogP contribution in [0.25, 0.3) is 0 Å². The second-order valence-corrected chi connectivity index (χ2v) is 8.32. The van der Waals surface area contributed by atoms with E-state index in [4.69, 9.17) is 11.6 Å². The lowest BCUT2D eigenvalue weighted by Gasteiger charge is -2.39.